The van der Waals surface area contributed by atoms with Crippen molar-refractivity contribution in [1.29, 1.82) is 5.26 Å². The van der Waals surface area contributed by atoms with E-state index in [1.807, 2.05) is 6.07 Å². The van der Waals surface area contributed by atoms with Gasteiger partial charge in [-0.05, 0) is 83.5 Å². The molecular formula is C35H43N5O10. The Labute approximate surface area is 290 Å². The number of amides is 5. The second-order valence-corrected chi connectivity index (χ2v) is 13.7. The van der Waals surface area contributed by atoms with Crippen molar-refractivity contribution in [3.05, 3.63) is 59.2 Å². The first-order chi connectivity index (χ1) is 23.5. The Hall–Kier alpha value is -5.04. The van der Waals surface area contributed by atoms with Crippen molar-refractivity contribution in [3.8, 4) is 6.07 Å². The first-order valence-electron chi connectivity index (χ1n) is 16.1. The molecule has 2 heterocycles. The number of carbonyl (C=O) groups is 5. The normalized spacial score (nSPS) is 17.3. The zero-order valence-electron chi connectivity index (χ0n) is 29.1. The third kappa shape index (κ3) is 9.78. The van der Waals surface area contributed by atoms with E-state index in [1.54, 1.807) is 70.7 Å². The number of hydrogen-bond acceptors (Lipinski definition) is 11. The zero-order chi connectivity index (χ0) is 36.8. The van der Waals surface area contributed by atoms with Crippen LogP contribution in [0.3, 0.4) is 0 Å². The van der Waals surface area contributed by atoms with Gasteiger partial charge in [0, 0.05) is 36.6 Å². The summed E-state index contributed by atoms with van der Waals surface area (Å²) in [5, 5.41) is 23.3. The second-order valence-electron chi connectivity index (χ2n) is 13.7. The lowest BCUT2D eigenvalue weighted by atomic mass is 10.1. The number of nitrogens with one attached hydrogen (secondary N) is 1. The minimum atomic E-state index is -1.94. The summed E-state index contributed by atoms with van der Waals surface area (Å²) in [4.78, 5) is 69.6. The highest BCUT2D eigenvalue weighted by molar-refractivity contribution is 6.04. The Balaban J connectivity index is 1.50. The van der Waals surface area contributed by atoms with Gasteiger partial charge in [0.05, 0.1) is 38.0 Å². The van der Waals surface area contributed by atoms with E-state index in [2.05, 4.69) is 5.32 Å². The fourth-order valence-corrected chi connectivity index (χ4v) is 5.12. The molecule has 2 saturated heterocycles. The highest BCUT2D eigenvalue weighted by Crippen LogP contribution is 2.25. The minimum absolute atomic E-state index is 0.00850. The van der Waals surface area contributed by atoms with Crippen LogP contribution in [0.2, 0.25) is 0 Å². The average molecular weight is 694 g/mol. The summed E-state index contributed by atoms with van der Waals surface area (Å²) in [5.74, 6) is -1.86. The van der Waals surface area contributed by atoms with Gasteiger partial charge in [0.1, 0.15) is 11.2 Å². The van der Waals surface area contributed by atoms with Gasteiger partial charge in [0.15, 0.2) is 12.2 Å². The van der Waals surface area contributed by atoms with Crippen LogP contribution in [0.5, 0.6) is 0 Å². The lowest BCUT2D eigenvalue weighted by Gasteiger charge is -2.34. The first-order valence-corrected chi connectivity index (χ1v) is 16.1. The summed E-state index contributed by atoms with van der Waals surface area (Å²) < 4.78 is 21.7. The van der Waals surface area contributed by atoms with Gasteiger partial charge in [-0.3, -0.25) is 14.4 Å². The molecule has 0 spiro atoms. The number of nitrogens with zero attached hydrogens (tertiary/aromatic N) is 4. The minimum Gasteiger partial charge on any atom is -0.443 e. The largest absolute Gasteiger partial charge is 0.443 e. The van der Waals surface area contributed by atoms with Crippen LogP contribution in [0.1, 0.15) is 63.0 Å². The number of aliphatic hydroxyl groups excluding tert-OH is 1. The summed E-state index contributed by atoms with van der Waals surface area (Å²) in [5.41, 5.74) is -0.739. The van der Waals surface area contributed by atoms with E-state index in [0.717, 1.165) is 0 Å². The molecule has 2 N–H and O–H groups in total. The van der Waals surface area contributed by atoms with Crippen LogP contribution >= 0.6 is 0 Å². The van der Waals surface area contributed by atoms with Crippen molar-refractivity contribution in [2.24, 2.45) is 0 Å². The predicted octanol–water partition coefficient (Wildman–Crippen LogP) is 3.43. The molecule has 50 heavy (non-hydrogen) atoms. The SMILES string of the molecule is CC(C)(C)OC(=O)N(Cc1cc(NC(=O)C(O)C2OCCN(c3cccc(C(=O)N4CCOCC4)c3)C2=O)ccc1C#N)C(=O)OC(C)(C)C. The molecule has 0 bridgehead atoms. The monoisotopic (exact) mass is 693 g/mol. The van der Waals surface area contributed by atoms with Crippen molar-refractivity contribution in [1.82, 2.24) is 9.80 Å². The van der Waals surface area contributed by atoms with E-state index in [1.165, 1.54) is 23.1 Å². The molecule has 4 rings (SSSR count). The third-order valence-electron chi connectivity index (χ3n) is 7.43. The molecule has 2 aliphatic rings. The van der Waals surface area contributed by atoms with Gasteiger partial charge in [-0.25, -0.2) is 14.5 Å². The first kappa shape index (κ1) is 37.8. The van der Waals surface area contributed by atoms with Crippen LogP contribution in [0, 0.1) is 11.3 Å². The van der Waals surface area contributed by atoms with Crippen molar-refractivity contribution in [3.63, 3.8) is 0 Å². The maximum absolute atomic E-state index is 13.5. The second kappa shape index (κ2) is 15.7. The fourth-order valence-electron chi connectivity index (χ4n) is 5.12. The molecule has 0 radical (unpaired) electrons. The van der Waals surface area contributed by atoms with E-state index in [0.29, 0.717) is 42.5 Å². The topological polar surface area (TPSA) is 188 Å². The third-order valence-corrected chi connectivity index (χ3v) is 7.43. The number of anilines is 2. The van der Waals surface area contributed by atoms with Gasteiger partial charge >= 0.3 is 12.2 Å². The number of aliphatic hydroxyl groups is 1. The summed E-state index contributed by atoms with van der Waals surface area (Å²) in [7, 11) is 0. The molecule has 5 amide bonds. The van der Waals surface area contributed by atoms with Crippen LogP contribution in [0.4, 0.5) is 21.0 Å². The van der Waals surface area contributed by atoms with Crippen molar-refractivity contribution >= 4 is 41.3 Å². The Morgan fingerprint density at radius 1 is 0.980 bits per heavy atom. The summed E-state index contributed by atoms with van der Waals surface area (Å²) in [6, 6.07) is 12.7. The van der Waals surface area contributed by atoms with Crippen molar-refractivity contribution in [2.75, 3.05) is 49.7 Å². The number of benzene rings is 2. The molecular weight excluding hydrogens is 650 g/mol. The molecule has 15 heteroatoms. The highest BCUT2D eigenvalue weighted by atomic mass is 16.6. The highest BCUT2D eigenvalue weighted by Gasteiger charge is 2.40. The maximum Gasteiger partial charge on any atom is 0.420 e. The summed E-state index contributed by atoms with van der Waals surface area (Å²) >= 11 is 0. The number of morpholine rings is 2. The Morgan fingerprint density at radius 3 is 2.22 bits per heavy atom. The van der Waals surface area contributed by atoms with E-state index in [4.69, 9.17) is 18.9 Å². The molecule has 0 aromatic heterocycles. The van der Waals surface area contributed by atoms with Crippen LogP contribution in [0.25, 0.3) is 0 Å². The van der Waals surface area contributed by atoms with E-state index >= 15 is 0 Å². The van der Waals surface area contributed by atoms with E-state index in [-0.39, 0.29) is 35.9 Å². The molecule has 0 saturated carbocycles. The van der Waals surface area contributed by atoms with Crippen LogP contribution in [-0.2, 0) is 35.1 Å². The summed E-state index contributed by atoms with van der Waals surface area (Å²) in [6.07, 6.45) is -5.51. The number of nitriles is 1. The molecule has 2 aliphatic heterocycles. The van der Waals surface area contributed by atoms with Gasteiger partial charge in [0.2, 0.25) is 0 Å². The Morgan fingerprint density at radius 2 is 1.62 bits per heavy atom. The number of imide groups is 1. The molecule has 2 aromatic carbocycles. The lowest BCUT2D eigenvalue weighted by molar-refractivity contribution is -0.150. The van der Waals surface area contributed by atoms with Gasteiger partial charge in [-0.2, -0.15) is 5.26 Å². The van der Waals surface area contributed by atoms with Crippen LogP contribution in [-0.4, -0.2) is 108 Å². The van der Waals surface area contributed by atoms with Crippen molar-refractivity contribution < 1.29 is 48.0 Å². The molecule has 2 fully saturated rings. The molecule has 0 aliphatic carbocycles. The van der Waals surface area contributed by atoms with Crippen LogP contribution in [0.15, 0.2) is 42.5 Å². The number of carbonyl (C=O) groups excluding carboxylic acids is 5. The number of hydrogen-bond donors (Lipinski definition) is 2. The fraction of sp³-hybridized carbons (Fsp3) is 0.486. The van der Waals surface area contributed by atoms with Crippen LogP contribution < -0.4 is 10.2 Å². The van der Waals surface area contributed by atoms with Gasteiger partial charge in [0.25, 0.3) is 17.7 Å². The van der Waals surface area contributed by atoms with Gasteiger partial charge in [-0.15, -0.1) is 0 Å². The zero-order valence-corrected chi connectivity index (χ0v) is 29.1. The molecule has 2 unspecified atom stereocenters. The molecule has 2 aromatic rings. The predicted molar refractivity (Wildman–Crippen MR) is 179 cm³/mol. The quantitative estimate of drug-likeness (QED) is 0.433. The van der Waals surface area contributed by atoms with Gasteiger partial charge < -0.3 is 39.2 Å². The molecule has 15 nitrogen and oxygen atoms in total. The Kier molecular flexibility index (Phi) is 11.8. The molecule has 268 valence electrons. The number of rotatable bonds is 7. The number of ether oxygens (including phenoxy) is 4. The average Bonchev–Trinajstić information content (AvgIpc) is 3.05. The van der Waals surface area contributed by atoms with E-state index in [9.17, 15) is 34.3 Å². The van der Waals surface area contributed by atoms with Gasteiger partial charge in [-0.1, -0.05) is 6.07 Å². The maximum atomic E-state index is 13.5. The smallest absolute Gasteiger partial charge is 0.420 e. The van der Waals surface area contributed by atoms with E-state index < -0.39 is 54.0 Å². The summed E-state index contributed by atoms with van der Waals surface area (Å²) in [6.45, 7) is 11.3. The lowest BCUT2D eigenvalue weighted by Crippen LogP contribution is -2.55. The Bertz CT molecular complexity index is 1620. The molecule has 2 atom stereocenters. The van der Waals surface area contributed by atoms with Crippen molar-refractivity contribution in [2.45, 2.75) is 71.5 Å². The standard InChI is InChI=1S/C35H43N5O10/c1-34(2,3)49-32(45)40(33(46)50-35(4,5)6)21-24-18-25(11-10-23(24)20-36)37-29(42)27(41)28-31(44)39(14-17-48-28)26-9-7-8-22(19-26)30(43)38-12-15-47-16-13-38/h7-11,18-19,27-28,41H,12-17,21H2,1-6H3,(H,37,42).